The predicted molar refractivity (Wildman–Crippen MR) is 184 cm³/mol. The number of piperazine rings is 1. The van der Waals surface area contributed by atoms with Gasteiger partial charge < -0.3 is 14.5 Å². The molecule has 9 nitrogen and oxygen atoms in total. The number of carbonyl (C=O) groups excluding carboxylic acids is 3. The van der Waals surface area contributed by atoms with Gasteiger partial charge in [-0.2, -0.15) is 26.3 Å². The number of ether oxygens (including phenoxy) is 1. The normalized spacial score (nSPS) is 23.9. The van der Waals surface area contributed by atoms with Gasteiger partial charge in [-0.1, -0.05) is 30.3 Å². The third-order valence-corrected chi connectivity index (χ3v) is 10.8. The van der Waals surface area contributed by atoms with Gasteiger partial charge in [-0.05, 0) is 76.6 Å². The maximum Gasteiger partial charge on any atom is 0.416 e. The van der Waals surface area contributed by atoms with Crippen LogP contribution in [0.1, 0.15) is 73.5 Å². The minimum absolute atomic E-state index is 0.0406. The molecule has 15 heteroatoms. The SMILES string of the molecule is CC(C)(C)OC(=O)N1CCC[C@H]1C(=O)N1CC(N2CCN([C@H]3CCN(C(=O)c4cc(C(F)(F)F)cc(C(F)(F)F)c4)[C@H](Cc4ccccc4)C3)CC2)C1. The smallest absolute Gasteiger partial charge is 0.416 e. The van der Waals surface area contributed by atoms with Crippen LogP contribution >= 0.6 is 0 Å². The van der Waals surface area contributed by atoms with Crippen LogP contribution in [0.4, 0.5) is 31.1 Å². The molecule has 0 N–H and O–H groups in total. The van der Waals surface area contributed by atoms with Crippen LogP contribution in [0.3, 0.4) is 0 Å². The third-order valence-electron chi connectivity index (χ3n) is 10.8. The highest BCUT2D eigenvalue weighted by atomic mass is 19.4. The van der Waals surface area contributed by atoms with Crippen molar-refractivity contribution >= 4 is 17.9 Å². The number of likely N-dealkylation sites (tertiary alicyclic amines) is 3. The van der Waals surface area contributed by atoms with Crippen molar-refractivity contribution in [2.45, 2.75) is 95.0 Å². The first-order chi connectivity index (χ1) is 24.9. The van der Waals surface area contributed by atoms with Gasteiger partial charge in [-0.25, -0.2) is 4.79 Å². The summed E-state index contributed by atoms with van der Waals surface area (Å²) in [6.07, 6.45) is -7.75. The lowest BCUT2D eigenvalue weighted by Crippen LogP contribution is -2.67. The lowest BCUT2D eigenvalue weighted by Gasteiger charge is -2.51. The molecule has 0 spiro atoms. The Morgan fingerprint density at radius 1 is 0.736 bits per heavy atom. The summed E-state index contributed by atoms with van der Waals surface area (Å²) in [5, 5.41) is 0. The molecule has 0 radical (unpaired) electrons. The lowest BCUT2D eigenvalue weighted by atomic mass is 9.90. The highest BCUT2D eigenvalue weighted by molar-refractivity contribution is 5.95. The molecule has 0 aromatic heterocycles. The first-order valence-corrected chi connectivity index (χ1v) is 18.3. The average molecular weight is 752 g/mol. The molecule has 0 bridgehead atoms. The molecule has 53 heavy (non-hydrogen) atoms. The number of nitrogens with zero attached hydrogens (tertiary/aromatic N) is 5. The maximum absolute atomic E-state index is 13.8. The topological polar surface area (TPSA) is 76.6 Å². The quantitative estimate of drug-likeness (QED) is 0.329. The van der Waals surface area contributed by atoms with Crippen LogP contribution in [0.5, 0.6) is 0 Å². The second-order valence-electron chi connectivity index (χ2n) is 15.6. The van der Waals surface area contributed by atoms with Crippen LogP contribution < -0.4 is 0 Å². The molecule has 6 rings (SSSR count). The van der Waals surface area contributed by atoms with E-state index in [0.717, 1.165) is 38.2 Å². The summed E-state index contributed by atoms with van der Waals surface area (Å²) in [7, 11) is 0. The van der Waals surface area contributed by atoms with Crippen LogP contribution in [-0.2, 0) is 28.3 Å². The van der Waals surface area contributed by atoms with E-state index < -0.39 is 58.7 Å². The first-order valence-electron chi connectivity index (χ1n) is 18.3. The molecule has 3 amide bonds. The molecule has 2 aromatic carbocycles. The standard InChI is InChI=1S/C38H47F6N5O4/c1-36(2,3)53-35(52)49-12-7-10-32(49)34(51)47-23-31(24-47)46-16-14-45(15-17-46)29-11-13-48(30(22-29)18-25-8-5-4-6-9-25)33(50)26-19-27(37(39,40)41)21-28(20-26)38(42,43)44/h4-6,8-9,19-21,29-32H,7,10-18,22-24H2,1-3H3/t29-,30+,32-/m0/s1. The number of hydrogen-bond acceptors (Lipinski definition) is 6. The molecule has 2 aromatic rings. The largest absolute Gasteiger partial charge is 0.444 e. The molecular weight excluding hydrogens is 704 g/mol. The zero-order valence-corrected chi connectivity index (χ0v) is 30.3. The van der Waals surface area contributed by atoms with Crippen molar-refractivity contribution in [1.82, 2.24) is 24.5 Å². The molecule has 4 aliphatic heterocycles. The summed E-state index contributed by atoms with van der Waals surface area (Å²) in [6.45, 7) is 10.3. The Bertz CT molecular complexity index is 1600. The number of rotatable bonds is 6. The van der Waals surface area contributed by atoms with Gasteiger partial charge in [-0.15, -0.1) is 0 Å². The monoisotopic (exact) mass is 751 g/mol. The van der Waals surface area contributed by atoms with E-state index in [1.54, 1.807) is 25.7 Å². The fourth-order valence-corrected chi connectivity index (χ4v) is 8.06. The van der Waals surface area contributed by atoms with E-state index in [1.807, 2.05) is 35.2 Å². The Labute approximate surface area is 305 Å². The zero-order chi connectivity index (χ0) is 38.3. The summed E-state index contributed by atoms with van der Waals surface area (Å²) in [5.74, 6) is -0.893. The highest BCUT2D eigenvalue weighted by Crippen LogP contribution is 2.37. The lowest BCUT2D eigenvalue weighted by molar-refractivity contribution is -0.144. The van der Waals surface area contributed by atoms with Crippen molar-refractivity contribution in [3.8, 4) is 0 Å². The van der Waals surface area contributed by atoms with Crippen molar-refractivity contribution in [2.24, 2.45) is 0 Å². The van der Waals surface area contributed by atoms with E-state index in [9.17, 15) is 40.7 Å². The van der Waals surface area contributed by atoms with Crippen LogP contribution in [0.2, 0.25) is 0 Å². The zero-order valence-electron chi connectivity index (χ0n) is 30.3. The van der Waals surface area contributed by atoms with Gasteiger partial charge in [-0.3, -0.25) is 24.3 Å². The Hall–Kier alpha value is -3.85. The first kappa shape index (κ1) is 38.9. The van der Waals surface area contributed by atoms with Gasteiger partial charge in [0.2, 0.25) is 5.91 Å². The molecule has 0 aliphatic carbocycles. The van der Waals surface area contributed by atoms with Crippen molar-refractivity contribution in [3.63, 3.8) is 0 Å². The molecule has 4 aliphatic rings. The molecule has 3 atom stereocenters. The minimum atomic E-state index is -5.05. The number of alkyl halides is 6. The van der Waals surface area contributed by atoms with E-state index >= 15 is 0 Å². The summed E-state index contributed by atoms with van der Waals surface area (Å²) >= 11 is 0. The summed E-state index contributed by atoms with van der Waals surface area (Å²) in [5.41, 5.74) is -3.38. The number of piperidine rings is 1. The van der Waals surface area contributed by atoms with E-state index in [2.05, 4.69) is 9.80 Å². The van der Waals surface area contributed by atoms with Crippen molar-refractivity contribution in [3.05, 3.63) is 70.8 Å². The summed E-state index contributed by atoms with van der Waals surface area (Å²) in [4.78, 5) is 49.4. The van der Waals surface area contributed by atoms with Gasteiger partial charge in [0.1, 0.15) is 11.6 Å². The van der Waals surface area contributed by atoms with Gasteiger partial charge >= 0.3 is 18.4 Å². The Balaban J connectivity index is 1.07. The van der Waals surface area contributed by atoms with Crippen LogP contribution in [0.25, 0.3) is 0 Å². The third kappa shape index (κ3) is 9.10. The van der Waals surface area contributed by atoms with Crippen molar-refractivity contribution in [2.75, 3.05) is 52.4 Å². The number of carbonyl (C=O) groups is 3. The molecular formula is C38H47F6N5O4. The van der Waals surface area contributed by atoms with Crippen LogP contribution in [0.15, 0.2) is 48.5 Å². The Kier molecular flexibility index (Phi) is 11.1. The highest BCUT2D eigenvalue weighted by Gasteiger charge is 2.45. The van der Waals surface area contributed by atoms with Gasteiger partial charge in [0.05, 0.1) is 11.1 Å². The number of benzene rings is 2. The molecule has 4 saturated heterocycles. The minimum Gasteiger partial charge on any atom is -0.444 e. The van der Waals surface area contributed by atoms with E-state index in [-0.39, 0.29) is 30.6 Å². The number of halogens is 6. The van der Waals surface area contributed by atoms with Gasteiger partial charge in [0.25, 0.3) is 5.91 Å². The second kappa shape index (κ2) is 15.1. The summed E-state index contributed by atoms with van der Waals surface area (Å²) in [6, 6.07) is 9.74. The van der Waals surface area contributed by atoms with Gasteiger partial charge in [0, 0.05) is 76.0 Å². The maximum atomic E-state index is 13.8. The molecule has 4 fully saturated rings. The number of amides is 3. The van der Waals surface area contributed by atoms with Crippen LogP contribution in [0, 0.1) is 0 Å². The van der Waals surface area contributed by atoms with E-state index in [4.69, 9.17) is 4.74 Å². The van der Waals surface area contributed by atoms with E-state index in [0.29, 0.717) is 57.5 Å². The Morgan fingerprint density at radius 3 is 1.89 bits per heavy atom. The van der Waals surface area contributed by atoms with E-state index in [1.165, 1.54) is 4.90 Å². The molecule has 4 heterocycles. The second-order valence-corrected chi connectivity index (χ2v) is 15.6. The fourth-order valence-electron chi connectivity index (χ4n) is 8.06. The summed E-state index contributed by atoms with van der Waals surface area (Å²) < 4.78 is 87.3. The van der Waals surface area contributed by atoms with Crippen molar-refractivity contribution < 1.29 is 45.5 Å². The predicted octanol–water partition coefficient (Wildman–Crippen LogP) is 6.17. The Morgan fingerprint density at radius 2 is 1.32 bits per heavy atom. The number of hydrogen-bond donors (Lipinski definition) is 0. The molecule has 0 saturated carbocycles. The van der Waals surface area contributed by atoms with Crippen molar-refractivity contribution in [1.29, 1.82) is 0 Å². The van der Waals surface area contributed by atoms with Gasteiger partial charge in [0.15, 0.2) is 0 Å². The molecule has 0 unspecified atom stereocenters. The fraction of sp³-hybridized carbons (Fsp3) is 0.605. The molecule has 290 valence electrons. The average Bonchev–Trinajstić information content (AvgIpc) is 3.57. The van der Waals surface area contributed by atoms with Crippen LogP contribution in [-0.4, -0.2) is 125 Å².